The van der Waals surface area contributed by atoms with Gasteiger partial charge >= 0.3 is 0 Å². The Kier molecular flexibility index (Phi) is 4.23. The van der Waals surface area contributed by atoms with Gasteiger partial charge in [-0.25, -0.2) is 0 Å². The van der Waals surface area contributed by atoms with Crippen LogP contribution >= 0.6 is 39.1 Å². The predicted octanol–water partition coefficient (Wildman–Crippen LogP) is 3.66. The van der Waals surface area contributed by atoms with E-state index in [0.29, 0.717) is 10.6 Å². The van der Waals surface area contributed by atoms with Gasteiger partial charge in [0.1, 0.15) is 0 Å². The van der Waals surface area contributed by atoms with E-state index >= 15 is 0 Å². The minimum atomic E-state index is -0.513. The Balaban J connectivity index is 3.10. The summed E-state index contributed by atoms with van der Waals surface area (Å²) in [5, 5.41) is 0.760. The van der Waals surface area contributed by atoms with Crippen LogP contribution in [0.1, 0.15) is 15.9 Å². The first kappa shape index (κ1) is 11.0. The Bertz CT molecular complexity index is 325. The van der Waals surface area contributed by atoms with Gasteiger partial charge in [0.2, 0.25) is 0 Å². The van der Waals surface area contributed by atoms with E-state index in [9.17, 15) is 4.79 Å². The summed E-state index contributed by atoms with van der Waals surface area (Å²) in [6, 6.07) is 5.28. The molecule has 0 aliphatic rings. The van der Waals surface area contributed by atoms with E-state index in [1.54, 1.807) is 12.1 Å². The lowest BCUT2D eigenvalue weighted by molar-refractivity contribution is 0.108. The molecular formula is C9H7BrCl2O. The van der Waals surface area contributed by atoms with E-state index in [0.717, 1.165) is 17.3 Å². The molecule has 0 aliphatic carbocycles. The topological polar surface area (TPSA) is 17.1 Å². The molecule has 1 rings (SSSR count). The molecule has 0 fully saturated rings. The number of halogens is 3. The maximum absolute atomic E-state index is 10.9. The van der Waals surface area contributed by atoms with Gasteiger partial charge in [-0.2, -0.15) is 0 Å². The zero-order valence-electron chi connectivity index (χ0n) is 6.69. The standard InChI is InChI=1S/C9H7BrCl2O/c10-5-4-6-2-1-3-7(8(6)11)9(12)13/h1-3H,4-5H2. The maximum atomic E-state index is 10.9. The van der Waals surface area contributed by atoms with Crippen molar-refractivity contribution < 1.29 is 4.79 Å². The van der Waals surface area contributed by atoms with Crippen molar-refractivity contribution in [2.75, 3.05) is 5.33 Å². The van der Waals surface area contributed by atoms with Crippen molar-refractivity contribution in [1.82, 2.24) is 0 Å². The summed E-state index contributed by atoms with van der Waals surface area (Å²) in [5.41, 5.74) is 1.31. The van der Waals surface area contributed by atoms with Crippen molar-refractivity contribution in [3.8, 4) is 0 Å². The van der Waals surface area contributed by atoms with E-state index in [-0.39, 0.29) is 0 Å². The maximum Gasteiger partial charge on any atom is 0.253 e. The Morgan fingerprint density at radius 1 is 1.46 bits per heavy atom. The van der Waals surface area contributed by atoms with E-state index in [1.807, 2.05) is 6.07 Å². The van der Waals surface area contributed by atoms with Gasteiger partial charge in [0, 0.05) is 5.33 Å². The molecule has 1 nitrogen and oxygen atoms in total. The fourth-order valence-electron chi connectivity index (χ4n) is 1.03. The van der Waals surface area contributed by atoms with Crippen LogP contribution in [0.25, 0.3) is 0 Å². The lowest BCUT2D eigenvalue weighted by Crippen LogP contribution is -1.95. The van der Waals surface area contributed by atoms with Crippen LogP contribution in [0.2, 0.25) is 5.02 Å². The second-order valence-electron chi connectivity index (χ2n) is 2.49. The van der Waals surface area contributed by atoms with Crippen LogP contribution < -0.4 is 0 Å². The molecule has 0 radical (unpaired) electrons. The van der Waals surface area contributed by atoms with Crippen molar-refractivity contribution in [2.45, 2.75) is 6.42 Å². The highest BCUT2D eigenvalue weighted by atomic mass is 79.9. The summed E-state index contributed by atoms with van der Waals surface area (Å²) in [7, 11) is 0. The molecule has 0 aliphatic heterocycles. The molecule has 0 atom stereocenters. The SMILES string of the molecule is O=C(Cl)c1cccc(CCBr)c1Cl. The second-order valence-corrected chi connectivity index (χ2v) is 4.01. The highest BCUT2D eigenvalue weighted by Gasteiger charge is 2.10. The molecule has 0 saturated carbocycles. The Morgan fingerprint density at radius 2 is 2.15 bits per heavy atom. The molecule has 70 valence electrons. The average molecular weight is 282 g/mol. The van der Waals surface area contributed by atoms with Gasteiger partial charge in [-0.3, -0.25) is 4.79 Å². The van der Waals surface area contributed by atoms with Crippen molar-refractivity contribution in [3.63, 3.8) is 0 Å². The minimum Gasteiger partial charge on any atom is -0.276 e. The van der Waals surface area contributed by atoms with Crippen molar-refractivity contribution in [3.05, 3.63) is 34.3 Å². The zero-order valence-corrected chi connectivity index (χ0v) is 9.79. The quantitative estimate of drug-likeness (QED) is 0.610. The smallest absolute Gasteiger partial charge is 0.253 e. The molecule has 0 heterocycles. The third kappa shape index (κ3) is 2.70. The third-order valence-corrected chi connectivity index (χ3v) is 2.70. The summed E-state index contributed by atoms with van der Waals surface area (Å²) < 4.78 is 0. The molecule has 0 spiro atoms. The molecule has 0 unspecified atom stereocenters. The predicted molar refractivity (Wildman–Crippen MR) is 59.1 cm³/mol. The second kappa shape index (κ2) is 4.99. The fourth-order valence-corrected chi connectivity index (χ4v) is 1.97. The Hall–Kier alpha value is -0.0500. The Labute approximate surface area is 95.2 Å². The first-order valence-electron chi connectivity index (χ1n) is 3.70. The van der Waals surface area contributed by atoms with Crippen molar-refractivity contribution in [1.29, 1.82) is 0 Å². The van der Waals surface area contributed by atoms with Crippen LogP contribution in [0.3, 0.4) is 0 Å². The molecule has 0 N–H and O–H groups in total. The summed E-state index contributed by atoms with van der Waals surface area (Å²) >= 11 is 14.6. The number of hydrogen-bond donors (Lipinski definition) is 0. The van der Waals surface area contributed by atoms with Crippen LogP contribution in [-0.2, 0) is 6.42 Å². The van der Waals surface area contributed by atoms with Gasteiger partial charge in [-0.05, 0) is 29.7 Å². The van der Waals surface area contributed by atoms with Crippen LogP contribution in [0.15, 0.2) is 18.2 Å². The first-order valence-corrected chi connectivity index (χ1v) is 5.57. The lowest BCUT2D eigenvalue weighted by Gasteiger charge is -2.04. The third-order valence-electron chi connectivity index (χ3n) is 1.65. The number of hydrogen-bond acceptors (Lipinski definition) is 1. The molecule has 0 aromatic heterocycles. The van der Waals surface area contributed by atoms with Crippen molar-refractivity contribution >= 4 is 44.4 Å². The average Bonchev–Trinajstić information content (AvgIpc) is 2.08. The first-order chi connectivity index (χ1) is 6.16. The normalized spacial score (nSPS) is 10.1. The molecule has 0 amide bonds. The number of rotatable bonds is 3. The molecule has 13 heavy (non-hydrogen) atoms. The minimum absolute atomic E-state index is 0.377. The van der Waals surface area contributed by atoms with Gasteiger partial charge in [0.05, 0.1) is 10.6 Å². The van der Waals surface area contributed by atoms with Gasteiger partial charge < -0.3 is 0 Å². The highest BCUT2D eigenvalue weighted by Crippen LogP contribution is 2.23. The molecule has 0 bridgehead atoms. The van der Waals surface area contributed by atoms with E-state index in [2.05, 4.69) is 15.9 Å². The Morgan fingerprint density at radius 3 is 2.69 bits per heavy atom. The van der Waals surface area contributed by atoms with Crippen LogP contribution in [-0.4, -0.2) is 10.6 Å². The van der Waals surface area contributed by atoms with E-state index in [1.165, 1.54) is 0 Å². The number of aryl methyl sites for hydroxylation is 1. The van der Waals surface area contributed by atoms with Crippen LogP contribution in [0.4, 0.5) is 0 Å². The number of carbonyl (C=O) groups is 1. The fraction of sp³-hybridized carbons (Fsp3) is 0.222. The highest BCUT2D eigenvalue weighted by molar-refractivity contribution is 9.09. The van der Waals surface area contributed by atoms with E-state index in [4.69, 9.17) is 23.2 Å². The largest absolute Gasteiger partial charge is 0.276 e. The number of alkyl halides is 1. The summed E-state index contributed by atoms with van der Waals surface area (Å²) in [6.07, 6.45) is 0.789. The van der Waals surface area contributed by atoms with Gasteiger partial charge in [0.25, 0.3) is 5.24 Å². The summed E-state index contributed by atoms with van der Waals surface area (Å²) in [5.74, 6) is 0. The van der Waals surface area contributed by atoms with Gasteiger partial charge in [-0.1, -0.05) is 39.7 Å². The summed E-state index contributed by atoms with van der Waals surface area (Å²) in [6.45, 7) is 0. The molecule has 4 heteroatoms. The number of carbonyl (C=O) groups excluding carboxylic acids is 1. The monoisotopic (exact) mass is 280 g/mol. The zero-order chi connectivity index (χ0) is 9.84. The summed E-state index contributed by atoms with van der Waals surface area (Å²) in [4.78, 5) is 10.9. The van der Waals surface area contributed by atoms with E-state index < -0.39 is 5.24 Å². The molecule has 1 aromatic carbocycles. The van der Waals surface area contributed by atoms with Crippen LogP contribution in [0, 0.1) is 0 Å². The molecular weight excluding hydrogens is 275 g/mol. The van der Waals surface area contributed by atoms with Crippen LogP contribution in [0.5, 0.6) is 0 Å². The van der Waals surface area contributed by atoms with Gasteiger partial charge in [-0.15, -0.1) is 0 Å². The number of benzene rings is 1. The van der Waals surface area contributed by atoms with Gasteiger partial charge in [0.15, 0.2) is 0 Å². The molecule has 0 saturated heterocycles. The lowest BCUT2D eigenvalue weighted by atomic mass is 10.1. The van der Waals surface area contributed by atoms with Crippen molar-refractivity contribution in [2.24, 2.45) is 0 Å². The molecule has 1 aromatic rings.